The Morgan fingerprint density at radius 2 is 1.08 bits per heavy atom. The minimum atomic E-state index is -3.53. The lowest BCUT2D eigenvalue weighted by atomic mass is 10.3. The van der Waals surface area contributed by atoms with Crippen LogP contribution in [-0.2, 0) is 4.57 Å². The highest BCUT2D eigenvalue weighted by atomic mass is 35.5. The van der Waals surface area contributed by atoms with Crippen molar-refractivity contribution in [2.75, 3.05) is 0 Å². The van der Waals surface area contributed by atoms with Gasteiger partial charge in [-0.2, -0.15) is 0 Å². The summed E-state index contributed by atoms with van der Waals surface area (Å²) >= 11 is 24.6. The first-order valence-electron chi connectivity index (χ1n) is 7.17. The molecule has 0 aromatic heterocycles. The van der Waals surface area contributed by atoms with Gasteiger partial charge >= 0.3 is 7.37 Å². The Balaban J connectivity index is 2.21. The highest BCUT2D eigenvalue weighted by molar-refractivity contribution is 7.74. The molecule has 25 heavy (non-hydrogen) atoms. The fourth-order valence-corrected chi connectivity index (χ4v) is 5.32. The van der Waals surface area contributed by atoms with Crippen molar-refractivity contribution in [3.05, 3.63) is 86.8 Å². The van der Waals surface area contributed by atoms with E-state index in [9.17, 15) is 4.57 Å². The Morgan fingerprint density at radius 1 is 0.680 bits per heavy atom. The van der Waals surface area contributed by atoms with E-state index in [2.05, 4.69) is 0 Å². The Kier molecular flexibility index (Phi) is 5.68. The first-order valence-corrected chi connectivity index (χ1v) is 10.3. The lowest BCUT2D eigenvalue weighted by Crippen LogP contribution is -2.20. The molecule has 0 amide bonds. The maximum Gasteiger partial charge on any atom is 0.306 e. The van der Waals surface area contributed by atoms with E-state index >= 15 is 0 Å². The predicted octanol–water partition coefficient (Wildman–Crippen LogP) is 6.61. The molecule has 0 unspecified atom stereocenters. The fraction of sp³-hybridized carbons (Fsp3) is 0. The third kappa shape index (κ3) is 3.69. The summed E-state index contributed by atoms with van der Waals surface area (Å²) in [6.45, 7) is 0. The molecule has 2 nitrogen and oxygen atoms in total. The van der Waals surface area contributed by atoms with Crippen LogP contribution in [0.1, 0.15) is 0 Å². The van der Waals surface area contributed by atoms with Gasteiger partial charge in [-0.3, -0.25) is 4.57 Å². The minimum Gasteiger partial charge on any atom is -0.434 e. The van der Waals surface area contributed by atoms with Crippen LogP contribution in [0.4, 0.5) is 0 Å². The normalized spacial score (nSPS) is 11.4. The zero-order chi connectivity index (χ0) is 18.0. The molecule has 0 saturated heterocycles. The average molecular weight is 432 g/mol. The maximum absolute atomic E-state index is 13.9. The van der Waals surface area contributed by atoms with Gasteiger partial charge in [0.05, 0.1) is 20.7 Å². The van der Waals surface area contributed by atoms with Gasteiger partial charge in [-0.1, -0.05) is 82.8 Å². The van der Waals surface area contributed by atoms with Crippen molar-refractivity contribution < 1.29 is 9.09 Å². The van der Waals surface area contributed by atoms with Crippen LogP contribution in [0.25, 0.3) is 0 Å². The number of hydrogen-bond acceptors (Lipinski definition) is 2. The molecule has 0 spiro atoms. The van der Waals surface area contributed by atoms with Crippen LogP contribution >= 0.6 is 53.8 Å². The summed E-state index contributed by atoms with van der Waals surface area (Å²) in [5, 5.41) is 1.46. The maximum atomic E-state index is 13.9. The van der Waals surface area contributed by atoms with Crippen molar-refractivity contribution in [3.8, 4) is 5.75 Å². The molecule has 0 bridgehead atoms. The van der Waals surface area contributed by atoms with E-state index in [4.69, 9.17) is 50.9 Å². The third-order valence-corrected chi connectivity index (χ3v) is 7.42. The molecule has 0 heterocycles. The second-order valence-corrected chi connectivity index (χ2v) is 9.00. The smallest absolute Gasteiger partial charge is 0.306 e. The van der Waals surface area contributed by atoms with Crippen molar-refractivity contribution in [2.45, 2.75) is 0 Å². The van der Waals surface area contributed by atoms with Crippen LogP contribution in [0.15, 0.2) is 66.7 Å². The molecule has 0 aliphatic rings. The molecule has 3 aromatic rings. The zero-order valence-electron chi connectivity index (χ0n) is 12.6. The van der Waals surface area contributed by atoms with Crippen molar-refractivity contribution in [1.29, 1.82) is 0 Å². The predicted molar refractivity (Wildman–Crippen MR) is 107 cm³/mol. The Hall–Kier alpha value is -1.15. The SMILES string of the molecule is O=P(Oc1c(Cl)c(Cl)cc(Cl)c1Cl)(c1ccccc1)c1ccccc1. The summed E-state index contributed by atoms with van der Waals surface area (Å²) in [5.41, 5.74) is 0. The molecule has 0 fully saturated rings. The average Bonchev–Trinajstić information content (AvgIpc) is 2.65. The molecule has 3 aromatic carbocycles. The van der Waals surface area contributed by atoms with Crippen LogP contribution in [0.2, 0.25) is 20.1 Å². The summed E-state index contributed by atoms with van der Waals surface area (Å²) in [6.07, 6.45) is 0. The van der Waals surface area contributed by atoms with Crippen molar-refractivity contribution in [2.24, 2.45) is 0 Å². The summed E-state index contributed by atoms with van der Waals surface area (Å²) < 4.78 is 19.8. The first-order chi connectivity index (χ1) is 11.9. The highest BCUT2D eigenvalue weighted by Gasteiger charge is 2.32. The van der Waals surface area contributed by atoms with Crippen LogP contribution < -0.4 is 15.1 Å². The van der Waals surface area contributed by atoms with Gasteiger partial charge < -0.3 is 4.52 Å². The second kappa shape index (κ2) is 7.61. The van der Waals surface area contributed by atoms with Gasteiger partial charge in [-0.25, -0.2) is 0 Å². The standard InChI is InChI=1S/C18H11Cl4O2P/c19-14-11-15(20)17(22)18(16(14)21)24-25(23,12-7-3-1-4-8-12)13-9-5-2-6-10-13/h1-11H. The first kappa shape index (κ1) is 18.6. The summed E-state index contributed by atoms with van der Waals surface area (Å²) in [4.78, 5) is 0. The Bertz CT molecular complexity index is 877. The van der Waals surface area contributed by atoms with Crippen molar-refractivity contribution in [3.63, 3.8) is 0 Å². The number of rotatable bonds is 4. The van der Waals surface area contributed by atoms with Gasteiger partial charge in [0.2, 0.25) is 0 Å². The van der Waals surface area contributed by atoms with Crippen LogP contribution in [0.3, 0.4) is 0 Å². The topological polar surface area (TPSA) is 26.3 Å². The molecule has 0 saturated carbocycles. The lowest BCUT2D eigenvalue weighted by Gasteiger charge is -2.22. The molecule has 0 aliphatic heterocycles. The molecular formula is C18H11Cl4O2P. The summed E-state index contributed by atoms with van der Waals surface area (Å²) in [6, 6.07) is 19.1. The van der Waals surface area contributed by atoms with Crippen LogP contribution in [-0.4, -0.2) is 0 Å². The molecular weight excluding hydrogens is 421 g/mol. The molecule has 0 N–H and O–H groups in total. The van der Waals surface area contributed by atoms with Gasteiger partial charge in [-0.15, -0.1) is 0 Å². The van der Waals surface area contributed by atoms with Gasteiger partial charge in [0.25, 0.3) is 0 Å². The van der Waals surface area contributed by atoms with Crippen molar-refractivity contribution in [1.82, 2.24) is 0 Å². The summed E-state index contributed by atoms with van der Waals surface area (Å²) in [5.74, 6) is -0.00290. The Morgan fingerprint density at radius 3 is 1.48 bits per heavy atom. The number of benzene rings is 3. The zero-order valence-corrected chi connectivity index (χ0v) is 16.5. The van der Waals surface area contributed by atoms with Crippen LogP contribution in [0, 0.1) is 0 Å². The van der Waals surface area contributed by atoms with Gasteiger partial charge in [0.1, 0.15) is 10.0 Å². The minimum absolute atomic E-state index is 0.00290. The lowest BCUT2D eigenvalue weighted by molar-refractivity contribution is 0.503. The van der Waals surface area contributed by atoms with Gasteiger partial charge in [-0.05, 0) is 30.3 Å². The Labute approximate surface area is 165 Å². The molecule has 3 rings (SSSR count). The highest BCUT2D eigenvalue weighted by Crippen LogP contribution is 2.52. The quantitative estimate of drug-likeness (QED) is 0.343. The van der Waals surface area contributed by atoms with E-state index in [1.807, 2.05) is 12.1 Å². The van der Waals surface area contributed by atoms with Gasteiger partial charge in [0.15, 0.2) is 5.75 Å². The van der Waals surface area contributed by atoms with Crippen molar-refractivity contribution >= 4 is 64.4 Å². The van der Waals surface area contributed by atoms with E-state index in [0.29, 0.717) is 10.6 Å². The van der Waals surface area contributed by atoms with E-state index in [0.717, 1.165) is 0 Å². The molecule has 0 atom stereocenters. The number of halogens is 4. The van der Waals surface area contributed by atoms with E-state index < -0.39 is 7.37 Å². The van der Waals surface area contributed by atoms with Crippen LogP contribution in [0.5, 0.6) is 5.75 Å². The second-order valence-electron chi connectivity index (χ2n) is 5.11. The number of hydrogen-bond donors (Lipinski definition) is 0. The molecule has 7 heteroatoms. The largest absolute Gasteiger partial charge is 0.434 e. The molecule has 0 aliphatic carbocycles. The third-order valence-electron chi connectivity index (χ3n) is 3.48. The van der Waals surface area contributed by atoms with E-state index in [1.54, 1.807) is 48.5 Å². The monoisotopic (exact) mass is 430 g/mol. The molecule has 128 valence electrons. The van der Waals surface area contributed by atoms with E-state index in [1.165, 1.54) is 6.07 Å². The van der Waals surface area contributed by atoms with Gasteiger partial charge in [0, 0.05) is 0 Å². The molecule has 0 radical (unpaired) electrons. The summed E-state index contributed by atoms with van der Waals surface area (Å²) in [7, 11) is -3.53. The van der Waals surface area contributed by atoms with E-state index in [-0.39, 0.29) is 25.8 Å². The fourth-order valence-electron chi connectivity index (χ4n) is 2.26.